The minimum absolute atomic E-state index is 0.546. The van der Waals surface area contributed by atoms with E-state index in [9.17, 15) is 0 Å². The van der Waals surface area contributed by atoms with E-state index in [2.05, 4.69) is 43.4 Å². The maximum absolute atomic E-state index is 5.70. The smallest absolute Gasteiger partial charge is 0.0536 e. The molecule has 0 aromatic heterocycles. The van der Waals surface area contributed by atoms with Crippen LogP contribution in [0.2, 0.25) is 0 Å². The van der Waals surface area contributed by atoms with Gasteiger partial charge in [0.15, 0.2) is 0 Å². The van der Waals surface area contributed by atoms with Gasteiger partial charge in [0, 0.05) is 24.3 Å². The molecule has 0 radical (unpaired) electrons. The average molecular weight is 219 g/mol. The molecule has 0 saturated heterocycles. The molecule has 0 amide bonds. The summed E-state index contributed by atoms with van der Waals surface area (Å²) < 4.78 is 5.70. The molecule has 2 atom stereocenters. The molecule has 2 unspecified atom stereocenters. The molecule has 1 aromatic carbocycles. The van der Waals surface area contributed by atoms with Crippen LogP contribution in [0.25, 0.3) is 0 Å². The first-order chi connectivity index (χ1) is 7.81. The number of benzene rings is 1. The van der Waals surface area contributed by atoms with Crippen LogP contribution < -0.4 is 5.32 Å². The van der Waals surface area contributed by atoms with Crippen molar-refractivity contribution in [2.24, 2.45) is 0 Å². The number of fused-ring (bicyclic) bond motifs is 1. The predicted octanol–water partition coefficient (Wildman–Crippen LogP) is 3.40. The molecule has 0 fully saturated rings. The van der Waals surface area contributed by atoms with Crippen LogP contribution in [0.5, 0.6) is 0 Å². The van der Waals surface area contributed by atoms with Gasteiger partial charge in [0.25, 0.3) is 0 Å². The molecule has 2 rings (SSSR count). The Hall–Kier alpha value is -1.02. The van der Waals surface area contributed by atoms with Gasteiger partial charge in [-0.25, -0.2) is 0 Å². The van der Waals surface area contributed by atoms with E-state index in [1.165, 1.54) is 17.7 Å². The first-order valence-electron chi connectivity index (χ1n) is 6.24. The standard InChI is InChI=1S/C14H21NO/c1-3-8-16-10-12-9-11(2)15-14-7-5-4-6-13(12)14/h4-7,11-12,15H,3,8-10H2,1-2H3. The van der Waals surface area contributed by atoms with Crippen molar-refractivity contribution in [1.29, 1.82) is 0 Å². The van der Waals surface area contributed by atoms with E-state index in [0.29, 0.717) is 12.0 Å². The highest BCUT2D eigenvalue weighted by Gasteiger charge is 2.23. The van der Waals surface area contributed by atoms with Crippen molar-refractivity contribution in [1.82, 2.24) is 0 Å². The number of para-hydroxylation sites is 1. The highest BCUT2D eigenvalue weighted by Crippen LogP contribution is 2.33. The van der Waals surface area contributed by atoms with Crippen LogP contribution >= 0.6 is 0 Å². The van der Waals surface area contributed by atoms with E-state index in [1.807, 2.05) is 0 Å². The average Bonchev–Trinajstić information content (AvgIpc) is 2.29. The van der Waals surface area contributed by atoms with Crippen molar-refractivity contribution in [2.45, 2.75) is 38.6 Å². The third-order valence-corrected chi connectivity index (χ3v) is 3.11. The highest BCUT2D eigenvalue weighted by atomic mass is 16.5. The molecule has 1 heterocycles. The van der Waals surface area contributed by atoms with Gasteiger partial charge < -0.3 is 10.1 Å². The minimum atomic E-state index is 0.546. The van der Waals surface area contributed by atoms with Crippen LogP contribution in [0, 0.1) is 0 Å². The van der Waals surface area contributed by atoms with Crippen molar-refractivity contribution < 1.29 is 4.74 Å². The molecule has 2 heteroatoms. The van der Waals surface area contributed by atoms with Crippen LogP contribution in [0.1, 0.15) is 38.2 Å². The monoisotopic (exact) mass is 219 g/mol. The van der Waals surface area contributed by atoms with Crippen molar-refractivity contribution in [3.05, 3.63) is 29.8 Å². The Bertz CT molecular complexity index is 337. The maximum atomic E-state index is 5.70. The second-order valence-electron chi connectivity index (χ2n) is 4.64. The molecule has 0 bridgehead atoms. The molecule has 1 N–H and O–H groups in total. The lowest BCUT2D eigenvalue weighted by atomic mass is 9.88. The Labute approximate surface area is 98.0 Å². The van der Waals surface area contributed by atoms with Crippen LogP contribution in [0.4, 0.5) is 5.69 Å². The van der Waals surface area contributed by atoms with Gasteiger partial charge in [0.1, 0.15) is 0 Å². The summed E-state index contributed by atoms with van der Waals surface area (Å²) in [4.78, 5) is 0. The molecule has 1 aliphatic rings. The number of ether oxygens (including phenoxy) is 1. The van der Waals surface area contributed by atoms with E-state index in [4.69, 9.17) is 4.74 Å². The van der Waals surface area contributed by atoms with Crippen LogP contribution in [0.3, 0.4) is 0 Å². The second-order valence-corrected chi connectivity index (χ2v) is 4.64. The molecule has 0 spiro atoms. The lowest BCUT2D eigenvalue weighted by molar-refractivity contribution is 0.116. The Morgan fingerprint density at radius 1 is 1.38 bits per heavy atom. The third-order valence-electron chi connectivity index (χ3n) is 3.11. The fourth-order valence-corrected chi connectivity index (χ4v) is 2.39. The number of hydrogen-bond donors (Lipinski definition) is 1. The lowest BCUT2D eigenvalue weighted by Gasteiger charge is -2.31. The normalized spacial score (nSPS) is 23.6. The van der Waals surface area contributed by atoms with Gasteiger partial charge in [0.05, 0.1) is 6.61 Å². The first-order valence-corrected chi connectivity index (χ1v) is 6.24. The van der Waals surface area contributed by atoms with Gasteiger partial charge in [-0.1, -0.05) is 25.1 Å². The number of hydrogen-bond acceptors (Lipinski definition) is 2. The summed E-state index contributed by atoms with van der Waals surface area (Å²) in [7, 11) is 0. The zero-order valence-electron chi connectivity index (χ0n) is 10.2. The SMILES string of the molecule is CCCOCC1CC(C)Nc2ccccc21. The van der Waals surface area contributed by atoms with E-state index < -0.39 is 0 Å². The zero-order valence-corrected chi connectivity index (χ0v) is 10.2. The number of rotatable bonds is 4. The summed E-state index contributed by atoms with van der Waals surface area (Å²) >= 11 is 0. The van der Waals surface area contributed by atoms with Gasteiger partial charge in [0.2, 0.25) is 0 Å². The fraction of sp³-hybridized carbons (Fsp3) is 0.571. The summed E-state index contributed by atoms with van der Waals surface area (Å²) in [6.45, 7) is 6.12. The molecular formula is C14H21NO. The third kappa shape index (κ3) is 2.56. The molecule has 0 saturated carbocycles. The Balaban J connectivity index is 2.07. The second kappa shape index (κ2) is 5.35. The Morgan fingerprint density at radius 2 is 2.19 bits per heavy atom. The van der Waals surface area contributed by atoms with Crippen molar-refractivity contribution in [3.63, 3.8) is 0 Å². The van der Waals surface area contributed by atoms with Crippen molar-refractivity contribution >= 4 is 5.69 Å². The zero-order chi connectivity index (χ0) is 11.4. The van der Waals surface area contributed by atoms with Gasteiger partial charge in [-0.05, 0) is 31.4 Å². The summed E-state index contributed by atoms with van der Waals surface area (Å²) in [6.07, 6.45) is 2.27. The van der Waals surface area contributed by atoms with Gasteiger partial charge in [-0.2, -0.15) is 0 Å². The summed E-state index contributed by atoms with van der Waals surface area (Å²) in [5.41, 5.74) is 2.70. The van der Waals surface area contributed by atoms with E-state index in [1.54, 1.807) is 0 Å². The van der Waals surface area contributed by atoms with Crippen molar-refractivity contribution in [3.8, 4) is 0 Å². The largest absolute Gasteiger partial charge is 0.382 e. The number of anilines is 1. The molecule has 1 aliphatic heterocycles. The van der Waals surface area contributed by atoms with Gasteiger partial charge >= 0.3 is 0 Å². The minimum Gasteiger partial charge on any atom is -0.382 e. The molecular weight excluding hydrogens is 198 g/mol. The quantitative estimate of drug-likeness (QED) is 0.784. The Morgan fingerprint density at radius 3 is 3.00 bits per heavy atom. The Kier molecular flexibility index (Phi) is 3.83. The van der Waals surface area contributed by atoms with E-state index in [0.717, 1.165) is 19.6 Å². The highest BCUT2D eigenvalue weighted by molar-refractivity contribution is 5.55. The lowest BCUT2D eigenvalue weighted by Crippen LogP contribution is -2.27. The van der Waals surface area contributed by atoms with Crippen LogP contribution in [-0.2, 0) is 4.74 Å². The summed E-state index contributed by atoms with van der Waals surface area (Å²) in [6, 6.07) is 9.13. The maximum Gasteiger partial charge on any atom is 0.0536 e. The molecule has 1 aromatic rings. The van der Waals surface area contributed by atoms with Crippen molar-refractivity contribution in [2.75, 3.05) is 18.5 Å². The van der Waals surface area contributed by atoms with E-state index >= 15 is 0 Å². The first kappa shape index (κ1) is 11.5. The summed E-state index contributed by atoms with van der Waals surface area (Å²) in [5, 5.41) is 3.52. The topological polar surface area (TPSA) is 21.3 Å². The fourth-order valence-electron chi connectivity index (χ4n) is 2.39. The van der Waals surface area contributed by atoms with Gasteiger partial charge in [-0.3, -0.25) is 0 Å². The predicted molar refractivity (Wildman–Crippen MR) is 68.0 cm³/mol. The molecule has 0 aliphatic carbocycles. The molecule has 16 heavy (non-hydrogen) atoms. The number of nitrogens with one attached hydrogen (secondary N) is 1. The molecule has 2 nitrogen and oxygen atoms in total. The summed E-state index contributed by atoms with van der Waals surface area (Å²) in [5.74, 6) is 0.555. The van der Waals surface area contributed by atoms with Crippen LogP contribution in [0.15, 0.2) is 24.3 Å². The molecule has 88 valence electrons. The van der Waals surface area contributed by atoms with Crippen LogP contribution in [-0.4, -0.2) is 19.3 Å². The van der Waals surface area contributed by atoms with E-state index in [-0.39, 0.29) is 0 Å². The van der Waals surface area contributed by atoms with Gasteiger partial charge in [-0.15, -0.1) is 0 Å².